The third-order valence-corrected chi connectivity index (χ3v) is 5.37. The van der Waals surface area contributed by atoms with Crippen LogP contribution in [-0.2, 0) is 9.53 Å². The third-order valence-electron chi connectivity index (χ3n) is 5.37. The fraction of sp³-hybridized carbons (Fsp3) is 0.435. The number of pyridine rings is 1. The van der Waals surface area contributed by atoms with Gasteiger partial charge >= 0.3 is 5.97 Å². The largest absolute Gasteiger partial charge is 0.469 e. The summed E-state index contributed by atoms with van der Waals surface area (Å²) in [5, 5.41) is 3.76. The van der Waals surface area contributed by atoms with Crippen LogP contribution in [0.5, 0.6) is 0 Å². The molecule has 0 unspecified atom stereocenters. The molecule has 1 aliphatic rings. The Balaban J connectivity index is 1.82. The van der Waals surface area contributed by atoms with Crippen LogP contribution in [0.1, 0.15) is 62.4 Å². The van der Waals surface area contributed by atoms with Gasteiger partial charge in [-0.15, -0.1) is 0 Å². The lowest BCUT2D eigenvalue weighted by molar-refractivity contribution is -0.141. The van der Waals surface area contributed by atoms with Gasteiger partial charge in [-0.3, -0.25) is 14.6 Å². The molecule has 28 heavy (non-hydrogen) atoms. The first kappa shape index (κ1) is 20.1. The van der Waals surface area contributed by atoms with Crippen LogP contribution in [-0.4, -0.2) is 30.0 Å². The van der Waals surface area contributed by atoms with Crippen molar-refractivity contribution in [2.75, 3.05) is 7.11 Å². The predicted molar refractivity (Wildman–Crippen MR) is 111 cm³/mol. The number of ether oxygens (including phenoxy) is 1. The molecule has 5 heteroatoms. The maximum atomic E-state index is 12.5. The number of methoxy groups -OCH3 is 1. The molecule has 0 fully saturated rings. The van der Waals surface area contributed by atoms with Crippen molar-refractivity contribution in [3.8, 4) is 0 Å². The van der Waals surface area contributed by atoms with Crippen molar-refractivity contribution in [2.24, 2.45) is 5.41 Å². The van der Waals surface area contributed by atoms with Crippen molar-refractivity contribution in [2.45, 2.75) is 52.5 Å². The molecule has 0 aliphatic heterocycles. The topological polar surface area (TPSA) is 68.3 Å². The summed E-state index contributed by atoms with van der Waals surface area (Å²) in [6.07, 6.45) is 7.35. The lowest BCUT2D eigenvalue weighted by Crippen LogP contribution is -2.34. The van der Waals surface area contributed by atoms with Crippen molar-refractivity contribution >= 4 is 28.4 Å². The zero-order valence-electron chi connectivity index (χ0n) is 17.0. The molecular formula is C23H28N2O3. The normalized spacial score (nSPS) is 16.9. The highest BCUT2D eigenvalue weighted by molar-refractivity contribution is 5.99. The van der Waals surface area contributed by atoms with E-state index in [1.54, 1.807) is 13.1 Å². The summed E-state index contributed by atoms with van der Waals surface area (Å²) in [5.74, 6) is -0.590. The molecule has 1 atom stereocenters. The average Bonchev–Trinajstić information content (AvgIpc) is 2.67. The Morgan fingerprint density at radius 3 is 2.79 bits per heavy atom. The van der Waals surface area contributed by atoms with Crippen LogP contribution in [0.3, 0.4) is 0 Å². The Morgan fingerprint density at radius 2 is 2.11 bits per heavy atom. The van der Waals surface area contributed by atoms with Gasteiger partial charge in [0.05, 0.1) is 24.6 Å². The lowest BCUT2D eigenvalue weighted by Gasteiger charge is -2.29. The molecule has 3 rings (SSSR count). The number of hydrogen-bond donors (Lipinski definition) is 1. The number of amides is 1. The highest BCUT2D eigenvalue weighted by Crippen LogP contribution is 2.39. The minimum absolute atomic E-state index is 0.137. The van der Waals surface area contributed by atoms with Gasteiger partial charge in [0.25, 0.3) is 5.91 Å². The van der Waals surface area contributed by atoms with E-state index in [1.807, 2.05) is 18.2 Å². The summed E-state index contributed by atoms with van der Waals surface area (Å²) in [4.78, 5) is 28.5. The van der Waals surface area contributed by atoms with Crippen molar-refractivity contribution < 1.29 is 14.3 Å². The molecule has 2 aromatic rings. The summed E-state index contributed by atoms with van der Waals surface area (Å²) < 4.78 is 4.64. The first-order valence-corrected chi connectivity index (χ1v) is 9.75. The van der Waals surface area contributed by atoms with Crippen LogP contribution >= 0.6 is 0 Å². The summed E-state index contributed by atoms with van der Waals surface area (Å²) in [7, 11) is 1.34. The first-order chi connectivity index (χ1) is 13.3. The molecule has 1 aliphatic carbocycles. The number of carbonyl (C=O) groups excluding carboxylic acids is 2. The smallest absolute Gasteiger partial charge is 0.307 e. The van der Waals surface area contributed by atoms with Crippen LogP contribution in [0.15, 0.2) is 36.5 Å². The molecule has 0 spiro atoms. The van der Waals surface area contributed by atoms with Gasteiger partial charge in [0.1, 0.15) is 0 Å². The van der Waals surface area contributed by atoms with Gasteiger partial charge in [0, 0.05) is 23.2 Å². The minimum Gasteiger partial charge on any atom is -0.469 e. The van der Waals surface area contributed by atoms with Crippen LogP contribution < -0.4 is 5.32 Å². The molecule has 1 aromatic heterocycles. The van der Waals surface area contributed by atoms with E-state index in [0.717, 1.165) is 35.7 Å². The summed E-state index contributed by atoms with van der Waals surface area (Å²) in [6.45, 7) is 6.37. The van der Waals surface area contributed by atoms with Gasteiger partial charge in [-0.1, -0.05) is 38.1 Å². The maximum Gasteiger partial charge on any atom is 0.307 e. The second-order valence-electron chi connectivity index (χ2n) is 8.35. The molecule has 1 aromatic carbocycles. The zero-order chi connectivity index (χ0) is 20.3. The third kappa shape index (κ3) is 4.58. The summed E-state index contributed by atoms with van der Waals surface area (Å²) in [5.41, 5.74) is 4.25. The molecule has 0 saturated heterocycles. The maximum absolute atomic E-state index is 12.5. The van der Waals surface area contributed by atoms with Gasteiger partial charge in [-0.2, -0.15) is 0 Å². The Labute approximate surface area is 166 Å². The number of carbonyl (C=O) groups is 2. The fourth-order valence-corrected chi connectivity index (χ4v) is 3.56. The quantitative estimate of drug-likeness (QED) is 0.775. The number of benzene rings is 1. The van der Waals surface area contributed by atoms with E-state index in [4.69, 9.17) is 0 Å². The van der Waals surface area contributed by atoms with Gasteiger partial charge in [-0.05, 0) is 43.2 Å². The van der Waals surface area contributed by atoms with Crippen molar-refractivity contribution in [3.63, 3.8) is 0 Å². The highest BCUT2D eigenvalue weighted by atomic mass is 16.5. The molecule has 148 valence electrons. The zero-order valence-corrected chi connectivity index (χ0v) is 17.0. The molecule has 0 radical (unpaired) electrons. The average molecular weight is 380 g/mol. The summed E-state index contributed by atoms with van der Waals surface area (Å²) >= 11 is 0. The van der Waals surface area contributed by atoms with Crippen LogP contribution in [0.2, 0.25) is 0 Å². The minimum atomic E-state index is -0.349. The standard InChI is InChI=1S/C23H28N2O3/c1-15(12-20(26)28-4)25-22(27)18-13-17-6-5-7-19(21(17)24-14-18)16-8-10-23(2,3)11-9-16/h5-8,13-15H,9-12H2,1-4H3,(H,25,27)/t15-/m1/s1. The SMILES string of the molecule is COC(=O)C[C@@H](C)NC(=O)c1cnc2c(C3=CCC(C)(C)CC3)cccc2c1. The van der Waals surface area contributed by atoms with Crippen LogP contribution in [0, 0.1) is 5.41 Å². The molecule has 1 N–H and O–H groups in total. The summed E-state index contributed by atoms with van der Waals surface area (Å²) in [6, 6.07) is 7.66. The van der Waals surface area contributed by atoms with E-state index in [0.29, 0.717) is 11.0 Å². The molecule has 0 saturated carbocycles. The number of nitrogens with zero attached hydrogens (tertiary/aromatic N) is 1. The first-order valence-electron chi connectivity index (χ1n) is 9.75. The second kappa shape index (κ2) is 8.13. The van der Waals surface area contributed by atoms with Crippen LogP contribution in [0.4, 0.5) is 0 Å². The molecular weight excluding hydrogens is 352 g/mol. The van der Waals surface area contributed by atoms with Crippen molar-refractivity contribution in [1.82, 2.24) is 10.3 Å². The second-order valence-corrected chi connectivity index (χ2v) is 8.35. The number of allylic oxidation sites excluding steroid dienone is 2. The van der Waals surface area contributed by atoms with Gasteiger partial charge in [0.15, 0.2) is 0 Å². The van der Waals surface area contributed by atoms with E-state index < -0.39 is 0 Å². The van der Waals surface area contributed by atoms with E-state index in [2.05, 4.69) is 41.0 Å². The molecule has 1 amide bonds. The van der Waals surface area contributed by atoms with Crippen LogP contribution in [0.25, 0.3) is 16.5 Å². The Kier molecular flexibility index (Phi) is 5.82. The lowest BCUT2D eigenvalue weighted by atomic mass is 9.77. The number of fused-ring (bicyclic) bond motifs is 1. The van der Waals surface area contributed by atoms with E-state index >= 15 is 0 Å². The Hall–Kier alpha value is -2.69. The Morgan fingerprint density at radius 1 is 1.32 bits per heavy atom. The number of aromatic nitrogens is 1. The van der Waals surface area contributed by atoms with Gasteiger partial charge in [-0.25, -0.2) is 0 Å². The van der Waals surface area contributed by atoms with E-state index in [9.17, 15) is 9.59 Å². The van der Waals surface area contributed by atoms with E-state index in [1.165, 1.54) is 12.7 Å². The molecule has 5 nitrogen and oxygen atoms in total. The number of hydrogen-bond acceptors (Lipinski definition) is 4. The van der Waals surface area contributed by atoms with Gasteiger partial charge < -0.3 is 10.1 Å². The molecule has 0 bridgehead atoms. The van der Waals surface area contributed by atoms with Crippen molar-refractivity contribution in [1.29, 1.82) is 0 Å². The highest BCUT2D eigenvalue weighted by Gasteiger charge is 2.23. The number of esters is 1. The Bertz CT molecular complexity index is 931. The van der Waals surface area contributed by atoms with Crippen molar-refractivity contribution in [3.05, 3.63) is 47.7 Å². The fourth-order valence-electron chi connectivity index (χ4n) is 3.56. The number of nitrogens with one attached hydrogen (secondary N) is 1. The van der Waals surface area contributed by atoms with Gasteiger partial charge in [0.2, 0.25) is 0 Å². The predicted octanol–water partition coefficient (Wildman–Crippen LogP) is 4.51. The number of rotatable bonds is 5. The number of para-hydroxylation sites is 1. The molecule has 1 heterocycles. The van der Waals surface area contributed by atoms with E-state index in [-0.39, 0.29) is 24.3 Å². The monoisotopic (exact) mass is 380 g/mol.